The minimum atomic E-state index is 0.514. The van der Waals surface area contributed by atoms with E-state index in [1.165, 1.54) is 12.8 Å². The van der Waals surface area contributed by atoms with Crippen LogP contribution in [-0.4, -0.2) is 42.8 Å². The van der Waals surface area contributed by atoms with Crippen LogP contribution in [0.1, 0.15) is 26.2 Å². The second kappa shape index (κ2) is 6.54. The highest BCUT2D eigenvalue weighted by atomic mass is 16.5. The maximum absolute atomic E-state index is 5.15. The highest BCUT2D eigenvalue weighted by molar-refractivity contribution is 5.39. The number of methoxy groups -OCH3 is 1. The highest BCUT2D eigenvalue weighted by Crippen LogP contribution is 2.20. The molecular weight excluding hydrogens is 228 g/mol. The number of hydrogen-bond donors (Lipinski definition) is 1. The van der Waals surface area contributed by atoms with E-state index in [1.807, 2.05) is 6.20 Å². The molecule has 2 heterocycles. The molecule has 0 aromatic carbocycles. The van der Waals surface area contributed by atoms with Crippen LogP contribution in [0.2, 0.25) is 0 Å². The van der Waals surface area contributed by atoms with Gasteiger partial charge in [0.25, 0.3) is 0 Å². The van der Waals surface area contributed by atoms with Crippen LogP contribution in [0.15, 0.2) is 12.4 Å². The van der Waals surface area contributed by atoms with Gasteiger partial charge in [-0.05, 0) is 25.8 Å². The lowest BCUT2D eigenvalue weighted by atomic mass is 10.1. The van der Waals surface area contributed by atoms with Crippen LogP contribution in [0.5, 0.6) is 5.88 Å². The van der Waals surface area contributed by atoms with E-state index >= 15 is 0 Å². The Bertz CT molecular complexity index is 366. The zero-order valence-corrected chi connectivity index (χ0v) is 11.2. The Hall–Kier alpha value is -1.36. The standard InChI is InChI=1S/C13H22N4O/c1-3-7-17(11-5-4-6-14-8-11)12-9-15-10-13(16-12)18-2/h9-11,14H,3-8H2,1-2H3. The van der Waals surface area contributed by atoms with Crippen molar-refractivity contribution in [3.8, 4) is 5.88 Å². The van der Waals surface area contributed by atoms with Crippen LogP contribution in [0.4, 0.5) is 5.82 Å². The monoisotopic (exact) mass is 250 g/mol. The van der Waals surface area contributed by atoms with Crippen molar-refractivity contribution in [2.75, 3.05) is 31.6 Å². The zero-order chi connectivity index (χ0) is 12.8. The van der Waals surface area contributed by atoms with Crippen LogP contribution < -0.4 is 15.0 Å². The fraction of sp³-hybridized carbons (Fsp3) is 0.692. The van der Waals surface area contributed by atoms with E-state index in [0.717, 1.165) is 31.9 Å². The first-order chi connectivity index (χ1) is 8.85. The number of hydrogen-bond acceptors (Lipinski definition) is 5. The van der Waals surface area contributed by atoms with Crippen molar-refractivity contribution in [3.05, 3.63) is 12.4 Å². The van der Waals surface area contributed by atoms with Crippen LogP contribution in [0.3, 0.4) is 0 Å². The molecular formula is C13H22N4O. The number of ether oxygens (including phenoxy) is 1. The van der Waals surface area contributed by atoms with Gasteiger partial charge in [-0.1, -0.05) is 6.92 Å². The molecule has 1 fully saturated rings. The Morgan fingerprint density at radius 1 is 1.50 bits per heavy atom. The molecule has 0 saturated carbocycles. The van der Waals surface area contributed by atoms with Gasteiger partial charge in [-0.15, -0.1) is 0 Å². The third kappa shape index (κ3) is 3.10. The quantitative estimate of drug-likeness (QED) is 0.857. The summed E-state index contributed by atoms with van der Waals surface area (Å²) in [5, 5.41) is 3.45. The van der Waals surface area contributed by atoms with Gasteiger partial charge in [-0.2, -0.15) is 4.98 Å². The number of nitrogens with zero attached hydrogens (tertiary/aromatic N) is 3. The van der Waals surface area contributed by atoms with Crippen molar-refractivity contribution in [1.29, 1.82) is 0 Å². The number of anilines is 1. The number of nitrogens with one attached hydrogen (secondary N) is 1. The molecule has 0 spiro atoms. The van der Waals surface area contributed by atoms with Gasteiger partial charge in [0.2, 0.25) is 5.88 Å². The Labute approximate surface area is 109 Å². The predicted molar refractivity (Wildman–Crippen MR) is 72.1 cm³/mol. The van der Waals surface area contributed by atoms with Gasteiger partial charge in [-0.3, -0.25) is 4.98 Å². The SMILES string of the molecule is CCCN(c1cncc(OC)n1)C1CCCNC1. The molecule has 2 rings (SSSR count). The second-order valence-corrected chi connectivity index (χ2v) is 4.61. The summed E-state index contributed by atoms with van der Waals surface area (Å²) < 4.78 is 5.15. The molecule has 0 amide bonds. The number of rotatable bonds is 5. The zero-order valence-electron chi connectivity index (χ0n) is 11.2. The van der Waals surface area contributed by atoms with Crippen molar-refractivity contribution < 1.29 is 4.74 Å². The van der Waals surface area contributed by atoms with Gasteiger partial charge in [0, 0.05) is 19.1 Å². The normalized spacial score (nSPS) is 19.6. The number of aromatic nitrogens is 2. The minimum absolute atomic E-state index is 0.514. The average Bonchev–Trinajstić information content (AvgIpc) is 2.46. The van der Waals surface area contributed by atoms with Gasteiger partial charge in [0.1, 0.15) is 0 Å². The summed E-state index contributed by atoms with van der Waals surface area (Å²) in [5.74, 6) is 1.50. The molecule has 1 aliphatic rings. The first kappa shape index (κ1) is 13.1. The summed E-state index contributed by atoms with van der Waals surface area (Å²) in [6, 6.07) is 0.514. The van der Waals surface area contributed by atoms with Gasteiger partial charge >= 0.3 is 0 Å². The molecule has 0 aliphatic carbocycles. The van der Waals surface area contributed by atoms with Gasteiger partial charge in [-0.25, -0.2) is 0 Å². The molecule has 18 heavy (non-hydrogen) atoms. The third-order valence-electron chi connectivity index (χ3n) is 3.28. The van der Waals surface area contributed by atoms with E-state index in [1.54, 1.807) is 13.3 Å². The topological polar surface area (TPSA) is 50.3 Å². The first-order valence-electron chi connectivity index (χ1n) is 6.68. The fourth-order valence-electron chi connectivity index (χ4n) is 2.40. The van der Waals surface area contributed by atoms with Crippen molar-refractivity contribution >= 4 is 5.82 Å². The minimum Gasteiger partial charge on any atom is -0.480 e. The third-order valence-corrected chi connectivity index (χ3v) is 3.28. The van der Waals surface area contributed by atoms with E-state index < -0.39 is 0 Å². The van der Waals surface area contributed by atoms with Crippen LogP contribution in [0, 0.1) is 0 Å². The molecule has 5 nitrogen and oxygen atoms in total. The van der Waals surface area contributed by atoms with Gasteiger partial charge in [0.15, 0.2) is 5.82 Å². The largest absolute Gasteiger partial charge is 0.480 e. The van der Waals surface area contributed by atoms with Gasteiger partial charge in [0.05, 0.1) is 19.5 Å². The Kier molecular flexibility index (Phi) is 4.75. The molecule has 1 atom stereocenters. The fourth-order valence-corrected chi connectivity index (χ4v) is 2.40. The number of piperidine rings is 1. The highest BCUT2D eigenvalue weighted by Gasteiger charge is 2.22. The van der Waals surface area contributed by atoms with E-state index in [9.17, 15) is 0 Å². The van der Waals surface area contributed by atoms with E-state index in [-0.39, 0.29) is 0 Å². The maximum Gasteiger partial charge on any atom is 0.233 e. The molecule has 100 valence electrons. The molecule has 0 radical (unpaired) electrons. The van der Waals surface area contributed by atoms with E-state index in [2.05, 4.69) is 27.1 Å². The summed E-state index contributed by atoms with van der Waals surface area (Å²) >= 11 is 0. The molecule has 1 unspecified atom stereocenters. The van der Waals surface area contributed by atoms with Crippen molar-refractivity contribution in [2.24, 2.45) is 0 Å². The molecule has 1 aromatic heterocycles. The Balaban J connectivity index is 2.16. The Morgan fingerprint density at radius 3 is 3.06 bits per heavy atom. The summed E-state index contributed by atoms with van der Waals surface area (Å²) in [4.78, 5) is 11.1. The lowest BCUT2D eigenvalue weighted by Crippen LogP contribution is -2.46. The van der Waals surface area contributed by atoms with Crippen molar-refractivity contribution in [2.45, 2.75) is 32.2 Å². The average molecular weight is 250 g/mol. The molecule has 1 aromatic rings. The smallest absolute Gasteiger partial charge is 0.233 e. The molecule has 5 heteroatoms. The predicted octanol–water partition coefficient (Wildman–Crippen LogP) is 1.45. The van der Waals surface area contributed by atoms with Crippen molar-refractivity contribution in [1.82, 2.24) is 15.3 Å². The van der Waals surface area contributed by atoms with Crippen molar-refractivity contribution in [3.63, 3.8) is 0 Å². The first-order valence-corrected chi connectivity index (χ1v) is 6.68. The van der Waals surface area contributed by atoms with Crippen LogP contribution >= 0.6 is 0 Å². The maximum atomic E-state index is 5.15. The molecule has 1 saturated heterocycles. The Morgan fingerprint density at radius 2 is 2.39 bits per heavy atom. The summed E-state index contributed by atoms with van der Waals surface area (Å²) in [5.41, 5.74) is 0. The van der Waals surface area contributed by atoms with E-state index in [0.29, 0.717) is 11.9 Å². The molecule has 1 N–H and O–H groups in total. The van der Waals surface area contributed by atoms with Crippen LogP contribution in [-0.2, 0) is 0 Å². The lowest BCUT2D eigenvalue weighted by molar-refractivity contribution is 0.392. The molecule has 0 bridgehead atoms. The van der Waals surface area contributed by atoms with Crippen LogP contribution in [0.25, 0.3) is 0 Å². The van der Waals surface area contributed by atoms with Gasteiger partial charge < -0.3 is 15.0 Å². The molecule has 1 aliphatic heterocycles. The summed E-state index contributed by atoms with van der Waals surface area (Å²) in [6.07, 6.45) is 7.02. The summed E-state index contributed by atoms with van der Waals surface area (Å²) in [6.45, 7) is 5.35. The lowest BCUT2D eigenvalue weighted by Gasteiger charge is -2.35. The summed E-state index contributed by atoms with van der Waals surface area (Å²) in [7, 11) is 1.63. The van der Waals surface area contributed by atoms with E-state index in [4.69, 9.17) is 4.74 Å². The second-order valence-electron chi connectivity index (χ2n) is 4.61.